The average molecular weight is 266 g/mol. The Hall–Kier alpha value is -1.17. The van der Waals surface area contributed by atoms with Gasteiger partial charge in [0, 0.05) is 19.7 Å². The average Bonchev–Trinajstić information content (AvgIpc) is 2.16. The SMILES string of the molecule is C/C=C/P(=O)(OCOC(C)=O)OCOC(C)=O. The van der Waals surface area contributed by atoms with Crippen LogP contribution in [0.3, 0.4) is 0 Å². The van der Waals surface area contributed by atoms with Crippen LogP contribution in [0.1, 0.15) is 20.8 Å². The number of allylic oxidation sites excluding steroid dienone is 1. The number of rotatable bonds is 7. The summed E-state index contributed by atoms with van der Waals surface area (Å²) >= 11 is 0. The van der Waals surface area contributed by atoms with Crippen LogP contribution in [0.4, 0.5) is 0 Å². The molecule has 0 spiro atoms. The Kier molecular flexibility index (Phi) is 7.45. The number of ether oxygens (including phenoxy) is 2. The summed E-state index contributed by atoms with van der Waals surface area (Å²) in [7, 11) is -3.57. The molecule has 0 amide bonds. The Bertz CT molecular complexity index is 312. The van der Waals surface area contributed by atoms with Crippen molar-refractivity contribution in [3.05, 3.63) is 11.9 Å². The molecule has 17 heavy (non-hydrogen) atoms. The van der Waals surface area contributed by atoms with Gasteiger partial charge in [0.05, 0.1) is 0 Å². The summed E-state index contributed by atoms with van der Waals surface area (Å²) in [5, 5.41) is 0. The summed E-state index contributed by atoms with van der Waals surface area (Å²) in [6, 6.07) is 0. The molecule has 0 aromatic carbocycles. The third-order valence-corrected chi connectivity index (χ3v) is 2.92. The molecule has 0 heterocycles. The van der Waals surface area contributed by atoms with Crippen LogP contribution in [-0.4, -0.2) is 25.5 Å². The standard InChI is InChI=1S/C9H15O7P/c1-4-5-17(12,15-6-13-8(2)10)16-7-14-9(3)11/h4-5H,6-7H2,1-3H3/b5-4+. The predicted octanol–water partition coefficient (Wildman–Crippen LogP) is 1.79. The van der Waals surface area contributed by atoms with E-state index in [4.69, 9.17) is 9.05 Å². The molecule has 0 atom stereocenters. The lowest BCUT2D eigenvalue weighted by atomic mass is 10.8. The third kappa shape index (κ3) is 8.62. The van der Waals surface area contributed by atoms with Crippen LogP contribution in [0, 0.1) is 0 Å². The lowest BCUT2D eigenvalue weighted by Crippen LogP contribution is -2.07. The monoisotopic (exact) mass is 266 g/mol. The van der Waals surface area contributed by atoms with E-state index in [1.54, 1.807) is 6.92 Å². The van der Waals surface area contributed by atoms with Gasteiger partial charge in [-0.05, 0) is 6.92 Å². The summed E-state index contributed by atoms with van der Waals surface area (Å²) in [5.41, 5.74) is 0. The van der Waals surface area contributed by atoms with Crippen LogP contribution >= 0.6 is 7.60 Å². The number of carbonyl (C=O) groups is 2. The lowest BCUT2D eigenvalue weighted by Gasteiger charge is -2.14. The highest BCUT2D eigenvalue weighted by molar-refractivity contribution is 7.57. The van der Waals surface area contributed by atoms with Crippen molar-refractivity contribution in [1.82, 2.24) is 0 Å². The molecule has 8 heteroatoms. The summed E-state index contributed by atoms with van der Waals surface area (Å²) in [4.78, 5) is 20.9. The first-order valence-corrected chi connectivity index (χ1v) is 6.30. The van der Waals surface area contributed by atoms with Crippen molar-refractivity contribution in [3.63, 3.8) is 0 Å². The van der Waals surface area contributed by atoms with Crippen molar-refractivity contribution in [2.75, 3.05) is 13.6 Å². The van der Waals surface area contributed by atoms with E-state index in [0.29, 0.717) is 0 Å². The molecular formula is C9H15O7P. The minimum absolute atomic E-state index is 0.503. The molecule has 0 unspecified atom stereocenters. The Balaban J connectivity index is 4.21. The molecule has 0 rings (SSSR count). The highest BCUT2D eigenvalue weighted by atomic mass is 31.2. The van der Waals surface area contributed by atoms with Gasteiger partial charge < -0.3 is 9.47 Å². The number of esters is 2. The second-order valence-electron chi connectivity index (χ2n) is 2.79. The minimum atomic E-state index is -3.57. The van der Waals surface area contributed by atoms with Gasteiger partial charge in [0.1, 0.15) is 0 Å². The fraction of sp³-hybridized carbons (Fsp3) is 0.556. The molecule has 0 aliphatic carbocycles. The van der Waals surface area contributed by atoms with Crippen LogP contribution in [0.5, 0.6) is 0 Å². The van der Waals surface area contributed by atoms with Gasteiger partial charge in [0.25, 0.3) is 0 Å². The van der Waals surface area contributed by atoms with Crippen LogP contribution in [0.2, 0.25) is 0 Å². The molecule has 0 saturated carbocycles. The maximum atomic E-state index is 11.9. The molecule has 7 nitrogen and oxygen atoms in total. The molecule has 0 aromatic rings. The summed E-state index contributed by atoms with van der Waals surface area (Å²) in [6.07, 6.45) is 1.45. The summed E-state index contributed by atoms with van der Waals surface area (Å²) < 4.78 is 30.3. The topological polar surface area (TPSA) is 88.1 Å². The minimum Gasteiger partial charge on any atom is -0.438 e. The van der Waals surface area contributed by atoms with Crippen molar-refractivity contribution in [2.45, 2.75) is 20.8 Å². The van der Waals surface area contributed by atoms with Gasteiger partial charge in [-0.15, -0.1) is 0 Å². The van der Waals surface area contributed by atoms with E-state index < -0.39 is 33.1 Å². The summed E-state index contributed by atoms with van der Waals surface area (Å²) in [6.45, 7) is 2.97. The van der Waals surface area contributed by atoms with E-state index in [1.165, 1.54) is 25.7 Å². The van der Waals surface area contributed by atoms with E-state index in [9.17, 15) is 14.2 Å². The first-order chi connectivity index (χ1) is 7.89. The van der Waals surface area contributed by atoms with Crippen molar-refractivity contribution in [3.8, 4) is 0 Å². The Morgan fingerprint density at radius 2 is 1.47 bits per heavy atom. The fourth-order valence-corrected chi connectivity index (χ4v) is 1.68. The molecule has 0 saturated heterocycles. The number of hydrogen-bond acceptors (Lipinski definition) is 7. The molecule has 0 bridgehead atoms. The van der Waals surface area contributed by atoms with Gasteiger partial charge in [-0.25, -0.2) is 0 Å². The molecular weight excluding hydrogens is 251 g/mol. The lowest BCUT2D eigenvalue weighted by molar-refractivity contribution is -0.149. The molecule has 0 aliphatic rings. The maximum Gasteiger partial charge on any atom is 0.359 e. The van der Waals surface area contributed by atoms with E-state index in [1.807, 2.05) is 0 Å². The second-order valence-corrected chi connectivity index (χ2v) is 4.68. The van der Waals surface area contributed by atoms with Crippen LogP contribution < -0.4 is 0 Å². The zero-order chi connectivity index (χ0) is 13.3. The molecule has 0 radical (unpaired) electrons. The van der Waals surface area contributed by atoms with Gasteiger partial charge in [-0.1, -0.05) is 6.08 Å². The molecule has 0 fully saturated rings. The molecule has 0 N–H and O–H groups in total. The third-order valence-electron chi connectivity index (χ3n) is 1.32. The maximum absolute atomic E-state index is 11.9. The normalized spacial score (nSPS) is 11.5. The van der Waals surface area contributed by atoms with Crippen LogP contribution in [0.15, 0.2) is 11.9 Å². The van der Waals surface area contributed by atoms with Gasteiger partial charge >= 0.3 is 19.5 Å². The predicted molar refractivity (Wildman–Crippen MR) is 57.9 cm³/mol. The van der Waals surface area contributed by atoms with E-state index >= 15 is 0 Å². The van der Waals surface area contributed by atoms with Crippen LogP contribution in [-0.2, 0) is 32.7 Å². The molecule has 0 aliphatic heterocycles. The van der Waals surface area contributed by atoms with E-state index in [0.717, 1.165) is 0 Å². The quantitative estimate of drug-likeness (QED) is 0.394. The smallest absolute Gasteiger partial charge is 0.359 e. The highest BCUT2D eigenvalue weighted by Crippen LogP contribution is 2.49. The van der Waals surface area contributed by atoms with Crippen molar-refractivity contribution >= 4 is 19.5 Å². The number of hydrogen-bond donors (Lipinski definition) is 0. The second kappa shape index (κ2) is 8.00. The number of carbonyl (C=O) groups excluding carboxylic acids is 2. The van der Waals surface area contributed by atoms with Crippen molar-refractivity contribution < 1.29 is 32.7 Å². The van der Waals surface area contributed by atoms with Crippen molar-refractivity contribution in [2.24, 2.45) is 0 Å². The largest absolute Gasteiger partial charge is 0.438 e. The zero-order valence-electron chi connectivity index (χ0n) is 9.87. The van der Waals surface area contributed by atoms with E-state index in [2.05, 4.69) is 9.47 Å². The Morgan fingerprint density at radius 1 is 1.06 bits per heavy atom. The molecule has 98 valence electrons. The molecule has 0 aromatic heterocycles. The van der Waals surface area contributed by atoms with Gasteiger partial charge in [0.2, 0.25) is 13.6 Å². The summed E-state index contributed by atoms with van der Waals surface area (Å²) in [5.74, 6) is 0.0222. The fourth-order valence-electron chi connectivity index (χ4n) is 0.672. The first kappa shape index (κ1) is 15.8. The van der Waals surface area contributed by atoms with Gasteiger partial charge in [0.15, 0.2) is 0 Å². The Morgan fingerprint density at radius 3 is 1.76 bits per heavy atom. The van der Waals surface area contributed by atoms with Crippen LogP contribution in [0.25, 0.3) is 0 Å². The highest BCUT2D eigenvalue weighted by Gasteiger charge is 2.21. The van der Waals surface area contributed by atoms with Gasteiger partial charge in [-0.3, -0.25) is 23.2 Å². The van der Waals surface area contributed by atoms with Gasteiger partial charge in [-0.2, -0.15) is 0 Å². The Labute approximate surface area is 99.2 Å². The first-order valence-electron chi connectivity index (χ1n) is 4.69. The zero-order valence-corrected chi connectivity index (χ0v) is 10.8. The van der Waals surface area contributed by atoms with E-state index in [-0.39, 0.29) is 0 Å². The van der Waals surface area contributed by atoms with Crippen molar-refractivity contribution in [1.29, 1.82) is 0 Å².